The molecule has 4 nitrogen and oxygen atoms in total. The Labute approximate surface area is 158 Å². The molecule has 4 heteroatoms. The molecule has 0 aliphatic carbocycles. The summed E-state index contributed by atoms with van der Waals surface area (Å²) in [5.41, 5.74) is 1.68. The summed E-state index contributed by atoms with van der Waals surface area (Å²) in [4.78, 5) is 10.5. The predicted molar refractivity (Wildman–Crippen MR) is 106 cm³/mol. The van der Waals surface area contributed by atoms with Gasteiger partial charge < -0.3 is 14.9 Å². The van der Waals surface area contributed by atoms with Gasteiger partial charge in [-0.2, -0.15) is 0 Å². The number of phenols is 2. The molecule has 0 saturated carbocycles. The van der Waals surface area contributed by atoms with Crippen LogP contribution in [0.4, 0.5) is 0 Å². The van der Waals surface area contributed by atoms with Gasteiger partial charge in [0.25, 0.3) is 6.47 Å². The second-order valence-electron chi connectivity index (χ2n) is 9.06. The smallest absolute Gasteiger partial charge is 0.293 e. The maximum atomic E-state index is 10.5. The maximum absolute atomic E-state index is 10.5. The van der Waals surface area contributed by atoms with Gasteiger partial charge in [-0.15, -0.1) is 0 Å². The Morgan fingerprint density at radius 1 is 0.846 bits per heavy atom. The topological polar surface area (TPSA) is 66.8 Å². The molecule has 2 N–H and O–H groups in total. The highest BCUT2D eigenvalue weighted by molar-refractivity contribution is 5.45. The zero-order valence-electron chi connectivity index (χ0n) is 17.1. The van der Waals surface area contributed by atoms with Gasteiger partial charge in [0, 0.05) is 6.07 Å². The summed E-state index contributed by atoms with van der Waals surface area (Å²) in [6, 6.07) is 3.41. The SMILES string of the molecule is CC(C)(C)CCCCc1cc(CCCCC(C)(C)OC=O)c(O)cc1O. The van der Waals surface area contributed by atoms with Crippen molar-refractivity contribution in [3.05, 3.63) is 23.3 Å². The molecule has 1 aromatic rings. The van der Waals surface area contributed by atoms with Crippen LogP contribution in [0.5, 0.6) is 11.5 Å². The van der Waals surface area contributed by atoms with E-state index in [4.69, 9.17) is 4.74 Å². The molecule has 26 heavy (non-hydrogen) atoms. The molecular weight excluding hydrogens is 328 g/mol. The normalized spacial score (nSPS) is 12.2. The van der Waals surface area contributed by atoms with Gasteiger partial charge in [-0.05, 0) is 81.4 Å². The molecule has 0 atom stereocenters. The average molecular weight is 365 g/mol. The minimum Gasteiger partial charge on any atom is -0.508 e. The molecule has 0 aromatic heterocycles. The molecular formula is C22H36O4. The van der Waals surface area contributed by atoms with Crippen molar-refractivity contribution in [3.8, 4) is 11.5 Å². The molecule has 0 fully saturated rings. The number of aromatic hydroxyl groups is 2. The van der Waals surface area contributed by atoms with Crippen molar-refractivity contribution in [2.45, 2.75) is 91.6 Å². The summed E-state index contributed by atoms with van der Waals surface area (Å²) in [5, 5.41) is 20.2. The van der Waals surface area contributed by atoms with E-state index >= 15 is 0 Å². The minimum atomic E-state index is -0.447. The minimum absolute atomic E-state index is 0.157. The van der Waals surface area contributed by atoms with Crippen LogP contribution in [0.15, 0.2) is 12.1 Å². The molecule has 0 bridgehead atoms. The van der Waals surface area contributed by atoms with Crippen LogP contribution in [0.2, 0.25) is 0 Å². The lowest BCUT2D eigenvalue weighted by Gasteiger charge is -2.22. The monoisotopic (exact) mass is 364 g/mol. The van der Waals surface area contributed by atoms with Gasteiger partial charge in [0.15, 0.2) is 0 Å². The van der Waals surface area contributed by atoms with Crippen LogP contribution in [0.3, 0.4) is 0 Å². The highest BCUT2D eigenvalue weighted by Gasteiger charge is 2.18. The summed E-state index contributed by atoms with van der Waals surface area (Å²) in [7, 11) is 0. The second-order valence-corrected chi connectivity index (χ2v) is 9.06. The maximum Gasteiger partial charge on any atom is 0.293 e. The highest BCUT2D eigenvalue weighted by Crippen LogP contribution is 2.31. The van der Waals surface area contributed by atoms with E-state index in [2.05, 4.69) is 20.8 Å². The fourth-order valence-corrected chi connectivity index (χ4v) is 3.10. The van der Waals surface area contributed by atoms with Gasteiger partial charge in [0.05, 0.1) is 0 Å². The molecule has 1 aromatic carbocycles. The van der Waals surface area contributed by atoms with E-state index < -0.39 is 5.60 Å². The zero-order valence-corrected chi connectivity index (χ0v) is 17.1. The number of rotatable bonds is 11. The van der Waals surface area contributed by atoms with E-state index in [1.807, 2.05) is 19.9 Å². The molecule has 0 saturated heterocycles. The van der Waals surface area contributed by atoms with Crippen molar-refractivity contribution in [2.24, 2.45) is 5.41 Å². The lowest BCUT2D eigenvalue weighted by atomic mass is 9.89. The van der Waals surface area contributed by atoms with Crippen molar-refractivity contribution in [1.82, 2.24) is 0 Å². The number of hydrogen-bond donors (Lipinski definition) is 2. The largest absolute Gasteiger partial charge is 0.508 e. The molecule has 0 heterocycles. The Kier molecular flexibility index (Phi) is 8.45. The summed E-state index contributed by atoms with van der Waals surface area (Å²) < 4.78 is 5.06. The van der Waals surface area contributed by atoms with Gasteiger partial charge in [-0.3, -0.25) is 4.79 Å². The lowest BCUT2D eigenvalue weighted by Crippen LogP contribution is -2.23. The van der Waals surface area contributed by atoms with Crippen LogP contribution >= 0.6 is 0 Å². The first-order chi connectivity index (χ1) is 12.0. The van der Waals surface area contributed by atoms with Crippen LogP contribution in [-0.2, 0) is 22.4 Å². The molecule has 0 spiro atoms. The van der Waals surface area contributed by atoms with Crippen molar-refractivity contribution in [3.63, 3.8) is 0 Å². The van der Waals surface area contributed by atoms with Crippen molar-refractivity contribution < 1.29 is 19.7 Å². The number of carbonyl (C=O) groups excluding carboxylic acids is 1. The Morgan fingerprint density at radius 3 is 1.81 bits per heavy atom. The Balaban J connectivity index is 2.54. The Hall–Kier alpha value is -1.71. The number of carbonyl (C=O) groups is 1. The van der Waals surface area contributed by atoms with Crippen LogP contribution in [0.25, 0.3) is 0 Å². The number of aryl methyl sites for hydroxylation is 2. The first kappa shape index (κ1) is 22.3. The summed E-state index contributed by atoms with van der Waals surface area (Å²) in [6.45, 7) is 11.0. The van der Waals surface area contributed by atoms with E-state index in [1.165, 1.54) is 6.07 Å². The molecule has 0 amide bonds. The van der Waals surface area contributed by atoms with Gasteiger partial charge >= 0.3 is 0 Å². The second kappa shape index (κ2) is 9.84. The van der Waals surface area contributed by atoms with E-state index in [-0.39, 0.29) is 11.5 Å². The average Bonchev–Trinajstić information content (AvgIpc) is 2.50. The van der Waals surface area contributed by atoms with Crippen molar-refractivity contribution in [1.29, 1.82) is 0 Å². The van der Waals surface area contributed by atoms with Crippen LogP contribution in [-0.4, -0.2) is 22.3 Å². The third-order valence-corrected chi connectivity index (χ3v) is 4.74. The number of phenolic OH excluding ortho intramolecular Hbond substituents is 2. The van der Waals surface area contributed by atoms with Crippen LogP contribution in [0.1, 0.15) is 84.3 Å². The van der Waals surface area contributed by atoms with Gasteiger partial charge in [0.1, 0.15) is 17.1 Å². The predicted octanol–water partition coefficient (Wildman–Crippen LogP) is 5.52. The van der Waals surface area contributed by atoms with Crippen LogP contribution < -0.4 is 0 Å². The molecule has 0 aliphatic heterocycles. The molecule has 0 aliphatic rings. The molecule has 0 radical (unpaired) electrons. The molecule has 0 unspecified atom stereocenters. The number of benzene rings is 1. The van der Waals surface area contributed by atoms with E-state index in [9.17, 15) is 15.0 Å². The van der Waals surface area contributed by atoms with Crippen molar-refractivity contribution in [2.75, 3.05) is 0 Å². The molecule has 1 rings (SSSR count). The first-order valence-corrected chi connectivity index (χ1v) is 9.69. The third-order valence-electron chi connectivity index (χ3n) is 4.74. The van der Waals surface area contributed by atoms with Gasteiger partial charge in [-0.1, -0.05) is 27.2 Å². The first-order valence-electron chi connectivity index (χ1n) is 9.69. The standard InChI is InChI=1S/C22H36O4/c1-21(2,3)12-8-6-10-17-14-18(20(25)15-19(17)24)11-7-9-13-22(4,5)26-16-23/h14-16,24-25H,6-13H2,1-5H3. The zero-order chi connectivity index (χ0) is 19.8. The van der Waals surface area contributed by atoms with E-state index in [0.717, 1.165) is 62.5 Å². The van der Waals surface area contributed by atoms with E-state index in [1.54, 1.807) is 0 Å². The van der Waals surface area contributed by atoms with E-state index in [0.29, 0.717) is 11.9 Å². The summed E-state index contributed by atoms with van der Waals surface area (Å²) in [6.07, 6.45) is 7.49. The Bertz CT molecular complexity index is 570. The lowest BCUT2D eigenvalue weighted by molar-refractivity contribution is -0.140. The van der Waals surface area contributed by atoms with Gasteiger partial charge in [0.2, 0.25) is 0 Å². The van der Waals surface area contributed by atoms with Crippen molar-refractivity contribution >= 4 is 6.47 Å². The van der Waals surface area contributed by atoms with Crippen LogP contribution in [0, 0.1) is 5.41 Å². The molecule has 148 valence electrons. The number of ether oxygens (including phenoxy) is 1. The fraction of sp³-hybridized carbons (Fsp3) is 0.682. The number of unbranched alkanes of at least 4 members (excludes halogenated alkanes) is 2. The quantitative estimate of drug-likeness (QED) is 0.401. The highest BCUT2D eigenvalue weighted by atomic mass is 16.5. The third kappa shape index (κ3) is 8.59. The summed E-state index contributed by atoms with van der Waals surface area (Å²) in [5.74, 6) is 0.340. The fourth-order valence-electron chi connectivity index (χ4n) is 3.10. The number of hydrogen-bond acceptors (Lipinski definition) is 4. The van der Waals surface area contributed by atoms with Gasteiger partial charge in [-0.25, -0.2) is 0 Å². The summed E-state index contributed by atoms with van der Waals surface area (Å²) >= 11 is 0. The Morgan fingerprint density at radius 2 is 1.35 bits per heavy atom.